The van der Waals surface area contributed by atoms with Crippen LogP contribution in [0.5, 0.6) is 0 Å². The molecule has 0 aliphatic carbocycles. The summed E-state index contributed by atoms with van der Waals surface area (Å²) >= 11 is 7.20. The Morgan fingerprint density at radius 2 is 2.25 bits per heavy atom. The third-order valence-electron chi connectivity index (χ3n) is 3.16. The van der Waals surface area contributed by atoms with Gasteiger partial charge in [0.25, 0.3) is 0 Å². The number of carbonyl (C=O) groups is 2. The normalized spacial score (nSPS) is 22.1. The van der Waals surface area contributed by atoms with Crippen molar-refractivity contribution in [2.75, 3.05) is 13.6 Å². The summed E-state index contributed by atoms with van der Waals surface area (Å²) in [6, 6.07) is 2.20. The Morgan fingerprint density at radius 3 is 2.80 bits per heavy atom. The molecule has 2 atom stereocenters. The molecule has 0 radical (unpaired) electrons. The molecule has 8 heteroatoms. The van der Waals surface area contributed by atoms with Crippen LogP contribution in [-0.2, 0) is 11.3 Å². The van der Waals surface area contributed by atoms with Crippen LogP contribution < -0.4 is 0 Å². The minimum Gasteiger partial charge on any atom is -0.480 e. The number of thiophene rings is 1. The van der Waals surface area contributed by atoms with Gasteiger partial charge in [0.1, 0.15) is 6.04 Å². The molecule has 2 N–H and O–H groups in total. The van der Waals surface area contributed by atoms with Crippen LogP contribution in [0.1, 0.15) is 11.3 Å². The van der Waals surface area contributed by atoms with Gasteiger partial charge in [-0.25, -0.2) is 9.59 Å². The standard InChI is InChI=1S/C12H15ClN2O4S/c1-14(6-8-2-3-10(13)20-8)12(19)15-5-7(16)4-9(15)11(17)18/h2-3,7,9,16H,4-6H2,1H3,(H,17,18). The molecule has 2 unspecified atom stereocenters. The average molecular weight is 319 g/mol. The first-order valence-corrected chi connectivity index (χ1v) is 7.24. The van der Waals surface area contributed by atoms with Gasteiger partial charge in [-0.3, -0.25) is 0 Å². The van der Waals surface area contributed by atoms with Crippen LogP contribution in [0.4, 0.5) is 4.79 Å². The van der Waals surface area contributed by atoms with Crippen LogP contribution in [0.3, 0.4) is 0 Å². The lowest BCUT2D eigenvalue weighted by Gasteiger charge is -2.27. The highest BCUT2D eigenvalue weighted by molar-refractivity contribution is 7.16. The fourth-order valence-corrected chi connectivity index (χ4v) is 3.36. The molecule has 2 amide bonds. The molecule has 1 fully saturated rings. The number of aliphatic hydroxyl groups excluding tert-OH is 1. The van der Waals surface area contributed by atoms with E-state index in [9.17, 15) is 14.7 Å². The molecule has 1 aliphatic rings. The number of nitrogens with zero attached hydrogens (tertiary/aromatic N) is 2. The van der Waals surface area contributed by atoms with E-state index in [1.54, 1.807) is 13.1 Å². The smallest absolute Gasteiger partial charge is 0.326 e. The first kappa shape index (κ1) is 15.1. The van der Waals surface area contributed by atoms with Crippen molar-refractivity contribution in [1.29, 1.82) is 0 Å². The molecule has 2 heterocycles. The number of aliphatic carboxylic acids is 1. The summed E-state index contributed by atoms with van der Waals surface area (Å²) in [6.45, 7) is 0.403. The Labute approximate surface area is 125 Å². The van der Waals surface area contributed by atoms with Gasteiger partial charge in [-0.15, -0.1) is 11.3 Å². The van der Waals surface area contributed by atoms with Crippen molar-refractivity contribution < 1.29 is 19.8 Å². The van der Waals surface area contributed by atoms with Gasteiger partial charge < -0.3 is 20.0 Å². The zero-order valence-corrected chi connectivity index (χ0v) is 12.4. The number of likely N-dealkylation sites (tertiary alicyclic amines) is 1. The van der Waals surface area contributed by atoms with E-state index >= 15 is 0 Å². The lowest BCUT2D eigenvalue weighted by Crippen LogP contribution is -2.46. The van der Waals surface area contributed by atoms with Gasteiger partial charge in [0.05, 0.1) is 17.0 Å². The second-order valence-electron chi connectivity index (χ2n) is 4.74. The van der Waals surface area contributed by atoms with Crippen LogP contribution in [0.15, 0.2) is 12.1 Å². The second-order valence-corrected chi connectivity index (χ2v) is 6.54. The number of halogens is 1. The molecular formula is C12H15ClN2O4S. The van der Waals surface area contributed by atoms with Gasteiger partial charge in [-0.05, 0) is 12.1 Å². The van der Waals surface area contributed by atoms with Gasteiger partial charge in [-0.2, -0.15) is 0 Å². The number of carboxylic acid groups (broad SMARTS) is 1. The van der Waals surface area contributed by atoms with Gasteiger partial charge in [0.2, 0.25) is 0 Å². The van der Waals surface area contributed by atoms with Crippen LogP contribution >= 0.6 is 22.9 Å². The van der Waals surface area contributed by atoms with Crippen molar-refractivity contribution in [3.05, 3.63) is 21.3 Å². The summed E-state index contributed by atoms with van der Waals surface area (Å²) in [5.41, 5.74) is 0. The van der Waals surface area contributed by atoms with Crippen LogP contribution in [-0.4, -0.2) is 57.8 Å². The van der Waals surface area contributed by atoms with Crippen molar-refractivity contribution in [3.8, 4) is 0 Å². The number of hydrogen-bond donors (Lipinski definition) is 2. The highest BCUT2D eigenvalue weighted by Gasteiger charge is 2.40. The van der Waals surface area contributed by atoms with Crippen LogP contribution in [0, 0.1) is 0 Å². The Bertz CT molecular complexity index is 521. The fraction of sp³-hybridized carbons (Fsp3) is 0.500. The number of β-amino-alcohol motifs (C(OH)–C–C–N with tert-alkyl or cyclic N) is 1. The summed E-state index contributed by atoms with van der Waals surface area (Å²) in [6.07, 6.45) is -0.718. The molecule has 6 nitrogen and oxygen atoms in total. The first-order chi connectivity index (χ1) is 9.38. The third-order valence-corrected chi connectivity index (χ3v) is 4.37. The monoisotopic (exact) mass is 318 g/mol. The Morgan fingerprint density at radius 1 is 1.55 bits per heavy atom. The van der Waals surface area contributed by atoms with E-state index in [-0.39, 0.29) is 13.0 Å². The number of carbonyl (C=O) groups excluding carboxylic acids is 1. The highest BCUT2D eigenvalue weighted by Crippen LogP contribution is 2.24. The van der Waals surface area contributed by atoms with Crippen molar-refractivity contribution >= 4 is 34.9 Å². The molecule has 20 heavy (non-hydrogen) atoms. The molecule has 110 valence electrons. The molecule has 1 aromatic heterocycles. The van der Waals surface area contributed by atoms with E-state index in [1.165, 1.54) is 21.1 Å². The summed E-state index contributed by atoms with van der Waals surface area (Å²) in [7, 11) is 1.60. The van der Waals surface area contributed by atoms with Crippen molar-refractivity contribution in [3.63, 3.8) is 0 Å². The molecule has 1 saturated heterocycles. The molecule has 1 aliphatic heterocycles. The SMILES string of the molecule is CN(Cc1ccc(Cl)s1)C(=O)N1CC(O)CC1C(=O)O. The lowest BCUT2D eigenvalue weighted by atomic mass is 10.2. The highest BCUT2D eigenvalue weighted by atomic mass is 35.5. The summed E-state index contributed by atoms with van der Waals surface area (Å²) < 4.78 is 0.640. The summed E-state index contributed by atoms with van der Waals surface area (Å²) in [4.78, 5) is 26.9. The number of amides is 2. The van der Waals surface area contributed by atoms with E-state index in [4.69, 9.17) is 16.7 Å². The maximum Gasteiger partial charge on any atom is 0.326 e. The molecule has 0 bridgehead atoms. The largest absolute Gasteiger partial charge is 0.480 e. The van der Waals surface area contributed by atoms with Crippen molar-refractivity contribution in [2.24, 2.45) is 0 Å². The topological polar surface area (TPSA) is 81.1 Å². The predicted molar refractivity (Wildman–Crippen MR) is 74.9 cm³/mol. The number of hydrogen-bond acceptors (Lipinski definition) is 4. The van der Waals surface area contributed by atoms with E-state index in [2.05, 4.69) is 0 Å². The second kappa shape index (κ2) is 5.99. The number of aliphatic hydroxyl groups is 1. The Hall–Kier alpha value is -1.31. The van der Waals surface area contributed by atoms with Gasteiger partial charge >= 0.3 is 12.0 Å². The van der Waals surface area contributed by atoms with Crippen molar-refractivity contribution in [2.45, 2.75) is 25.1 Å². The Kier molecular flexibility index (Phi) is 4.52. The van der Waals surface area contributed by atoms with E-state index in [0.717, 1.165) is 4.88 Å². The lowest BCUT2D eigenvalue weighted by molar-refractivity contribution is -0.141. The molecule has 0 aromatic carbocycles. The van der Waals surface area contributed by atoms with E-state index in [1.807, 2.05) is 6.07 Å². The van der Waals surface area contributed by atoms with E-state index < -0.39 is 24.1 Å². The van der Waals surface area contributed by atoms with Gasteiger partial charge in [0.15, 0.2) is 0 Å². The molecule has 2 rings (SSSR count). The first-order valence-electron chi connectivity index (χ1n) is 6.05. The molecule has 1 aromatic rings. The third kappa shape index (κ3) is 3.23. The average Bonchev–Trinajstić information content (AvgIpc) is 2.94. The maximum absolute atomic E-state index is 12.3. The van der Waals surface area contributed by atoms with Gasteiger partial charge in [0, 0.05) is 24.9 Å². The summed E-state index contributed by atoms with van der Waals surface area (Å²) in [5, 5.41) is 18.6. The minimum absolute atomic E-state index is 0.0470. The zero-order valence-electron chi connectivity index (χ0n) is 10.8. The van der Waals surface area contributed by atoms with Crippen LogP contribution in [0.2, 0.25) is 4.34 Å². The predicted octanol–water partition coefficient (Wildman–Crippen LogP) is 1.47. The zero-order chi connectivity index (χ0) is 14.9. The van der Waals surface area contributed by atoms with Gasteiger partial charge in [-0.1, -0.05) is 11.6 Å². The summed E-state index contributed by atoms with van der Waals surface area (Å²) in [5.74, 6) is -1.09. The Balaban J connectivity index is 2.04. The minimum atomic E-state index is -1.09. The molecule has 0 spiro atoms. The maximum atomic E-state index is 12.3. The van der Waals surface area contributed by atoms with Crippen LogP contribution in [0.25, 0.3) is 0 Å². The van der Waals surface area contributed by atoms with Crippen molar-refractivity contribution in [1.82, 2.24) is 9.80 Å². The quantitative estimate of drug-likeness (QED) is 0.884. The fourth-order valence-electron chi connectivity index (χ4n) is 2.22. The molecular weight excluding hydrogens is 304 g/mol. The number of urea groups is 1. The number of carboxylic acids is 1. The van der Waals surface area contributed by atoms with E-state index in [0.29, 0.717) is 10.9 Å². The number of rotatable bonds is 3. The molecule has 0 saturated carbocycles.